The molecule has 0 bridgehead atoms. The molecule has 82 valence electrons. The fourth-order valence-corrected chi connectivity index (χ4v) is 2.24. The van der Waals surface area contributed by atoms with E-state index >= 15 is 0 Å². The number of benzene rings is 1. The molecule has 1 fully saturated rings. The van der Waals surface area contributed by atoms with Crippen molar-refractivity contribution >= 4 is 11.6 Å². The summed E-state index contributed by atoms with van der Waals surface area (Å²) in [6.45, 7) is 2.68. The predicted octanol–water partition coefficient (Wildman–Crippen LogP) is 2.94. The van der Waals surface area contributed by atoms with Gasteiger partial charge in [0.15, 0.2) is 0 Å². The Balaban J connectivity index is 2.23. The molecule has 2 nitrogen and oxygen atoms in total. The van der Waals surface area contributed by atoms with E-state index in [-0.39, 0.29) is 0 Å². The fourth-order valence-electron chi connectivity index (χ4n) is 2.05. The Morgan fingerprint density at radius 3 is 2.93 bits per heavy atom. The molecule has 2 unspecified atom stereocenters. The van der Waals surface area contributed by atoms with Crippen molar-refractivity contribution in [1.29, 1.82) is 0 Å². The van der Waals surface area contributed by atoms with E-state index < -0.39 is 11.7 Å². The third-order valence-corrected chi connectivity index (χ3v) is 3.23. The number of aliphatic hydroxyl groups excluding tert-OH is 1. The van der Waals surface area contributed by atoms with Gasteiger partial charge in [-0.05, 0) is 37.5 Å². The van der Waals surface area contributed by atoms with Crippen molar-refractivity contribution in [2.45, 2.75) is 31.5 Å². The Morgan fingerprint density at radius 1 is 1.53 bits per heavy atom. The summed E-state index contributed by atoms with van der Waals surface area (Å²) in [5.41, 5.74) is 0.372. The lowest BCUT2D eigenvalue weighted by Crippen LogP contribution is -2.31. The van der Waals surface area contributed by atoms with Gasteiger partial charge < -0.3 is 9.84 Å². The van der Waals surface area contributed by atoms with E-state index in [2.05, 4.69) is 0 Å². The molecule has 1 aliphatic rings. The first kappa shape index (κ1) is 10.9. The topological polar surface area (TPSA) is 29.5 Å². The van der Waals surface area contributed by atoms with Crippen molar-refractivity contribution in [3.63, 3.8) is 0 Å². The maximum atomic E-state index is 10.2. The predicted molar refractivity (Wildman–Crippen MR) is 60.0 cm³/mol. The molecule has 1 saturated heterocycles. The van der Waals surface area contributed by atoms with Gasteiger partial charge in [-0.3, -0.25) is 0 Å². The van der Waals surface area contributed by atoms with Gasteiger partial charge in [-0.2, -0.15) is 0 Å². The van der Waals surface area contributed by atoms with Crippen LogP contribution in [0, 0.1) is 0 Å². The molecule has 0 aromatic heterocycles. The zero-order valence-electron chi connectivity index (χ0n) is 8.74. The van der Waals surface area contributed by atoms with Crippen LogP contribution in [0.1, 0.15) is 31.4 Å². The minimum Gasteiger partial charge on any atom is -0.385 e. The monoisotopic (exact) mass is 226 g/mol. The summed E-state index contributed by atoms with van der Waals surface area (Å²) < 4.78 is 5.60. The highest BCUT2D eigenvalue weighted by molar-refractivity contribution is 6.30. The molecule has 0 amide bonds. The van der Waals surface area contributed by atoms with Gasteiger partial charge in [-0.25, -0.2) is 0 Å². The molecule has 0 radical (unpaired) electrons. The quantitative estimate of drug-likeness (QED) is 0.840. The highest BCUT2D eigenvalue weighted by Crippen LogP contribution is 2.37. The summed E-state index contributed by atoms with van der Waals surface area (Å²) >= 11 is 5.89. The molecule has 1 N–H and O–H groups in total. The number of rotatable bonds is 2. The maximum absolute atomic E-state index is 10.2. The first-order valence-electron chi connectivity index (χ1n) is 5.19. The number of halogens is 1. The van der Waals surface area contributed by atoms with Crippen LogP contribution in [0.4, 0.5) is 0 Å². The fraction of sp³-hybridized carbons (Fsp3) is 0.500. The molecule has 0 saturated carbocycles. The summed E-state index contributed by atoms with van der Waals surface area (Å²) in [7, 11) is 0. The van der Waals surface area contributed by atoms with Crippen molar-refractivity contribution in [1.82, 2.24) is 0 Å². The molecule has 2 atom stereocenters. The maximum Gasteiger partial charge on any atom is 0.108 e. The zero-order valence-corrected chi connectivity index (χ0v) is 9.50. The zero-order chi connectivity index (χ0) is 10.9. The number of hydrogen-bond acceptors (Lipinski definition) is 2. The Kier molecular flexibility index (Phi) is 3.01. The van der Waals surface area contributed by atoms with Crippen molar-refractivity contribution in [3.05, 3.63) is 34.9 Å². The van der Waals surface area contributed by atoms with Gasteiger partial charge in [0.2, 0.25) is 0 Å². The van der Waals surface area contributed by atoms with E-state index in [1.807, 2.05) is 19.1 Å². The third kappa shape index (κ3) is 2.17. The van der Waals surface area contributed by atoms with Crippen molar-refractivity contribution < 1.29 is 9.84 Å². The van der Waals surface area contributed by atoms with Crippen LogP contribution in [0.3, 0.4) is 0 Å². The molecule has 2 rings (SSSR count). The second kappa shape index (κ2) is 4.12. The SMILES string of the molecule is CC1(C(O)c2cccc(Cl)c2)CCCO1. The summed E-state index contributed by atoms with van der Waals surface area (Å²) in [6, 6.07) is 7.32. The average molecular weight is 227 g/mol. The van der Waals surface area contributed by atoms with Crippen molar-refractivity contribution in [2.24, 2.45) is 0 Å². The smallest absolute Gasteiger partial charge is 0.108 e. The van der Waals surface area contributed by atoms with Crippen molar-refractivity contribution in [3.8, 4) is 0 Å². The average Bonchev–Trinajstić information content (AvgIpc) is 2.65. The van der Waals surface area contributed by atoms with Gasteiger partial charge in [-0.15, -0.1) is 0 Å². The van der Waals surface area contributed by atoms with Crippen LogP contribution in [-0.2, 0) is 4.74 Å². The molecule has 1 heterocycles. The first-order valence-corrected chi connectivity index (χ1v) is 5.57. The number of ether oxygens (including phenoxy) is 1. The van der Waals surface area contributed by atoms with E-state index in [9.17, 15) is 5.11 Å². The lowest BCUT2D eigenvalue weighted by molar-refractivity contribution is -0.0796. The van der Waals surface area contributed by atoms with E-state index in [4.69, 9.17) is 16.3 Å². The van der Waals surface area contributed by atoms with Crippen LogP contribution in [0.25, 0.3) is 0 Å². The minimum absolute atomic E-state index is 0.454. The Bertz CT molecular complexity index is 345. The normalized spacial score (nSPS) is 27.9. The second-order valence-corrected chi connectivity index (χ2v) is 4.66. The Hall–Kier alpha value is -0.570. The molecule has 1 aliphatic heterocycles. The van der Waals surface area contributed by atoms with Crippen molar-refractivity contribution in [2.75, 3.05) is 6.61 Å². The lowest BCUT2D eigenvalue weighted by atomic mass is 9.90. The molecule has 0 spiro atoms. The summed E-state index contributed by atoms with van der Waals surface area (Å²) in [5, 5.41) is 10.9. The van der Waals surface area contributed by atoms with Crippen LogP contribution < -0.4 is 0 Å². The standard InChI is InChI=1S/C12H15ClO2/c1-12(6-3-7-15-12)11(14)9-4-2-5-10(13)8-9/h2,4-5,8,11,14H,3,6-7H2,1H3. The van der Waals surface area contributed by atoms with E-state index in [0.717, 1.165) is 25.0 Å². The Labute approximate surface area is 94.8 Å². The van der Waals surface area contributed by atoms with Gasteiger partial charge in [0.25, 0.3) is 0 Å². The van der Waals surface area contributed by atoms with E-state index in [1.54, 1.807) is 12.1 Å². The lowest BCUT2D eigenvalue weighted by Gasteiger charge is -2.29. The number of aliphatic hydroxyl groups is 1. The first-order chi connectivity index (χ1) is 7.12. The summed E-state index contributed by atoms with van der Waals surface area (Å²) in [5.74, 6) is 0. The molecular weight excluding hydrogens is 212 g/mol. The minimum atomic E-state index is -0.598. The van der Waals surface area contributed by atoms with Crippen LogP contribution in [-0.4, -0.2) is 17.3 Å². The molecule has 15 heavy (non-hydrogen) atoms. The van der Waals surface area contributed by atoms with Crippen LogP contribution in [0.2, 0.25) is 5.02 Å². The molecule has 3 heteroatoms. The van der Waals surface area contributed by atoms with Gasteiger partial charge in [0, 0.05) is 11.6 Å². The third-order valence-electron chi connectivity index (χ3n) is 2.99. The van der Waals surface area contributed by atoms with Crippen LogP contribution in [0.15, 0.2) is 24.3 Å². The molecule has 0 aliphatic carbocycles. The van der Waals surface area contributed by atoms with E-state index in [0.29, 0.717) is 5.02 Å². The summed E-state index contributed by atoms with van der Waals surface area (Å²) in [4.78, 5) is 0. The molecular formula is C12H15ClO2. The van der Waals surface area contributed by atoms with Gasteiger partial charge in [0.05, 0.1) is 5.60 Å². The molecule has 1 aromatic rings. The highest BCUT2D eigenvalue weighted by Gasteiger charge is 2.38. The molecule has 1 aromatic carbocycles. The van der Waals surface area contributed by atoms with Crippen LogP contribution >= 0.6 is 11.6 Å². The largest absolute Gasteiger partial charge is 0.385 e. The second-order valence-electron chi connectivity index (χ2n) is 4.22. The Morgan fingerprint density at radius 2 is 2.33 bits per heavy atom. The van der Waals surface area contributed by atoms with Gasteiger partial charge >= 0.3 is 0 Å². The van der Waals surface area contributed by atoms with Crippen LogP contribution in [0.5, 0.6) is 0 Å². The number of hydrogen-bond donors (Lipinski definition) is 1. The van der Waals surface area contributed by atoms with E-state index in [1.165, 1.54) is 0 Å². The summed E-state index contributed by atoms with van der Waals surface area (Å²) in [6.07, 6.45) is 1.30. The van der Waals surface area contributed by atoms with Gasteiger partial charge in [0.1, 0.15) is 6.10 Å². The highest BCUT2D eigenvalue weighted by atomic mass is 35.5. The van der Waals surface area contributed by atoms with Gasteiger partial charge in [-0.1, -0.05) is 23.7 Å².